The van der Waals surface area contributed by atoms with Gasteiger partial charge in [-0.25, -0.2) is 0 Å². The lowest BCUT2D eigenvalue weighted by atomic mass is 10.3. The van der Waals surface area contributed by atoms with Crippen molar-refractivity contribution >= 4 is 5.91 Å². The van der Waals surface area contributed by atoms with Crippen molar-refractivity contribution in [2.75, 3.05) is 26.2 Å². The zero-order valence-corrected chi connectivity index (χ0v) is 8.48. The van der Waals surface area contributed by atoms with Gasteiger partial charge in [0.2, 0.25) is 5.91 Å². The summed E-state index contributed by atoms with van der Waals surface area (Å²) in [6.45, 7) is 3.62. The Kier molecular flexibility index (Phi) is 4.31. The number of amides is 1. The summed E-state index contributed by atoms with van der Waals surface area (Å²) in [5, 5.41) is 9.56. The third-order valence-electron chi connectivity index (χ3n) is 2.33. The fraction of sp³-hybridized carbons (Fsp3) is 0.889. The van der Waals surface area contributed by atoms with Crippen molar-refractivity contribution in [1.82, 2.24) is 4.90 Å². The molecule has 2 atom stereocenters. The summed E-state index contributed by atoms with van der Waals surface area (Å²) in [6.07, 6.45) is -0.454. The number of carbonyl (C=O) groups is 1. The lowest BCUT2D eigenvalue weighted by Crippen LogP contribution is -2.31. The van der Waals surface area contributed by atoms with Crippen LogP contribution in [0.15, 0.2) is 0 Å². The van der Waals surface area contributed by atoms with Gasteiger partial charge in [0.15, 0.2) is 0 Å². The van der Waals surface area contributed by atoms with Crippen LogP contribution < -0.4 is 5.73 Å². The van der Waals surface area contributed by atoms with Crippen LogP contribution in [0.25, 0.3) is 0 Å². The van der Waals surface area contributed by atoms with Crippen molar-refractivity contribution < 1.29 is 14.6 Å². The number of aliphatic hydroxyl groups excluding tert-OH is 1. The molecule has 0 aromatic heterocycles. The molecule has 0 radical (unpaired) electrons. The molecule has 0 aromatic carbocycles. The number of nitrogens with zero attached hydrogens (tertiary/aromatic N) is 1. The Labute approximate surface area is 83.8 Å². The summed E-state index contributed by atoms with van der Waals surface area (Å²) in [4.78, 5) is 13.0. The topological polar surface area (TPSA) is 75.8 Å². The number of nitrogens with two attached hydrogens (primary N) is 1. The third-order valence-corrected chi connectivity index (χ3v) is 2.33. The molecule has 14 heavy (non-hydrogen) atoms. The minimum atomic E-state index is -0.559. The van der Waals surface area contributed by atoms with Crippen LogP contribution in [0.1, 0.15) is 13.3 Å². The minimum absolute atomic E-state index is 0.00578. The lowest BCUT2D eigenvalue weighted by molar-refractivity contribution is -0.130. The molecular formula is C9H18N2O3. The zero-order chi connectivity index (χ0) is 10.6. The minimum Gasteiger partial charge on any atom is -0.388 e. The monoisotopic (exact) mass is 202 g/mol. The third kappa shape index (κ3) is 2.67. The first-order valence-electron chi connectivity index (χ1n) is 4.96. The fourth-order valence-corrected chi connectivity index (χ4v) is 1.62. The Morgan fingerprint density at radius 1 is 1.64 bits per heavy atom. The van der Waals surface area contributed by atoms with Crippen LogP contribution >= 0.6 is 0 Å². The van der Waals surface area contributed by atoms with Gasteiger partial charge in [-0.1, -0.05) is 0 Å². The van der Waals surface area contributed by atoms with Crippen molar-refractivity contribution in [2.45, 2.75) is 25.6 Å². The Morgan fingerprint density at radius 2 is 2.36 bits per heavy atom. The normalized spacial score (nSPS) is 26.9. The zero-order valence-electron chi connectivity index (χ0n) is 8.48. The predicted molar refractivity (Wildman–Crippen MR) is 51.7 cm³/mol. The van der Waals surface area contributed by atoms with Gasteiger partial charge in [-0.15, -0.1) is 0 Å². The largest absolute Gasteiger partial charge is 0.388 e. The number of likely N-dealkylation sites (tertiary alicyclic amines) is 1. The summed E-state index contributed by atoms with van der Waals surface area (Å²) in [7, 11) is 0. The van der Waals surface area contributed by atoms with E-state index < -0.39 is 6.10 Å². The number of carbonyl (C=O) groups excluding carboxylic acids is 1. The number of hydrogen-bond donors (Lipinski definition) is 2. The molecule has 0 unspecified atom stereocenters. The van der Waals surface area contributed by atoms with Crippen LogP contribution in [0.5, 0.6) is 0 Å². The Hall–Kier alpha value is -0.650. The van der Waals surface area contributed by atoms with Crippen LogP contribution in [0, 0.1) is 0 Å². The summed E-state index contributed by atoms with van der Waals surface area (Å²) in [6, 6.07) is 0. The molecule has 0 aliphatic carbocycles. The molecule has 0 aromatic rings. The number of hydrogen-bond acceptors (Lipinski definition) is 4. The summed E-state index contributed by atoms with van der Waals surface area (Å²) < 4.78 is 5.30. The predicted octanol–water partition coefficient (Wildman–Crippen LogP) is -1.06. The van der Waals surface area contributed by atoms with E-state index in [-0.39, 0.29) is 12.0 Å². The van der Waals surface area contributed by atoms with Crippen molar-refractivity contribution in [1.29, 1.82) is 0 Å². The Bertz CT molecular complexity index is 198. The number of β-amino-alcohol motifs (C(OH)–C–C–N with tert-alkyl or cyclic N) is 1. The van der Waals surface area contributed by atoms with E-state index in [0.29, 0.717) is 32.7 Å². The van der Waals surface area contributed by atoms with Gasteiger partial charge in [0.05, 0.1) is 6.10 Å². The van der Waals surface area contributed by atoms with Gasteiger partial charge in [-0.05, 0) is 6.92 Å². The highest BCUT2D eigenvalue weighted by Gasteiger charge is 2.33. The van der Waals surface area contributed by atoms with Gasteiger partial charge in [0.1, 0.15) is 6.10 Å². The molecule has 1 aliphatic heterocycles. The van der Waals surface area contributed by atoms with Crippen molar-refractivity contribution in [3.8, 4) is 0 Å². The molecule has 3 N–H and O–H groups in total. The van der Waals surface area contributed by atoms with Crippen LogP contribution in [-0.2, 0) is 9.53 Å². The smallest absolute Gasteiger partial charge is 0.224 e. The molecule has 1 rings (SSSR count). The van der Waals surface area contributed by atoms with E-state index >= 15 is 0 Å². The highest BCUT2D eigenvalue weighted by atomic mass is 16.5. The van der Waals surface area contributed by atoms with E-state index in [9.17, 15) is 9.90 Å². The summed E-state index contributed by atoms with van der Waals surface area (Å²) >= 11 is 0. The summed E-state index contributed by atoms with van der Waals surface area (Å²) in [5.41, 5.74) is 5.28. The Morgan fingerprint density at radius 3 is 2.93 bits per heavy atom. The van der Waals surface area contributed by atoms with Gasteiger partial charge in [-0.3, -0.25) is 4.79 Å². The second kappa shape index (κ2) is 5.29. The average Bonchev–Trinajstić information content (AvgIpc) is 2.49. The maximum atomic E-state index is 11.4. The second-order valence-corrected chi connectivity index (χ2v) is 3.40. The number of ether oxygens (including phenoxy) is 1. The lowest BCUT2D eigenvalue weighted by Gasteiger charge is -2.15. The van der Waals surface area contributed by atoms with Gasteiger partial charge >= 0.3 is 0 Å². The first-order valence-corrected chi connectivity index (χ1v) is 4.96. The molecule has 1 saturated heterocycles. The van der Waals surface area contributed by atoms with Gasteiger partial charge < -0.3 is 20.5 Å². The highest BCUT2D eigenvalue weighted by molar-refractivity contribution is 5.76. The average molecular weight is 202 g/mol. The molecular weight excluding hydrogens is 184 g/mol. The van der Waals surface area contributed by atoms with E-state index in [4.69, 9.17) is 10.5 Å². The van der Waals surface area contributed by atoms with E-state index in [1.807, 2.05) is 6.92 Å². The number of aliphatic hydroxyl groups is 1. The first-order chi connectivity index (χ1) is 6.69. The summed E-state index contributed by atoms with van der Waals surface area (Å²) in [5.74, 6) is -0.00578. The first kappa shape index (κ1) is 11.4. The van der Waals surface area contributed by atoms with Crippen LogP contribution in [0.4, 0.5) is 0 Å². The fourth-order valence-electron chi connectivity index (χ4n) is 1.62. The van der Waals surface area contributed by atoms with Gasteiger partial charge in [0.25, 0.3) is 0 Å². The van der Waals surface area contributed by atoms with Crippen LogP contribution in [0.3, 0.4) is 0 Å². The molecule has 0 bridgehead atoms. The standard InChI is InChI=1S/C9H18N2O3/c1-2-14-8-6-11(5-7(8)12)9(13)3-4-10/h7-8,12H,2-6,10H2,1H3/t7-,8+/m0/s1. The van der Waals surface area contributed by atoms with E-state index in [2.05, 4.69) is 0 Å². The van der Waals surface area contributed by atoms with Crippen molar-refractivity contribution in [3.63, 3.8) is 0 Å². The molecule has 0 saturated carbocycles. The second-order valence-electron chi connectivity index (χ2n) is 3.40. The molecule has 1 amide bonds. The molecule has 82 valence electrons. The van der Waals surface area contributed by atoms with Crippen molar-refractivity contribution in [2.24, 2.45) is 5.73 Å². The quantitative estimate of drug-likeness (QED) is 0.609. The molecule has 5 heteroatoms. The molecule has 1 aliphatic rings. The molecule has 1 heterocycles. The highest BCUT2D eigenvalue weighted by Crippen LogP contribution is 2.14. The number of rotatable bonds is 4. The SMILES string of the molecule is CCO[C@@H]1CN(C(=O)CCN)C[C@@H]1O. The molecule has 1 fully saturated rings. The molecule has 0 spiro atoms. The molecule has 5 nitrogen and oxygen atoms in total. The van der Waals surface area contributed by atoms with E-state index in [1.165, 1.54) is 0 Å². The van der Waals surface area contributed by atoms with Gasteiger partial charge in [0, 0.05) is 32.7 Å². The van der Waals surface area contributed by atoms with Crippen LogP contribution in [-0.4, -0.2) is 54.4 Å². The van der Waals surface area contributed by atoms with E-state index in [1.54, 1.807) is 4.90 Å². The van der Waals surface area contributed by atoms with Gasteiger partial charge in [-0.2, -0.15) is 0 Å². The van der Waals surface area contributed by atoms with E-state index in [0.717, 1.165) is 0 Å². The van der Waals surface area contributed by atoms with Crippen LogP contribution in [0.2, 0.25) is 0 Å². The van der Waals surface area contributed by atoms with Crippen molar-refractivity contribution in [3.05, 3.63) is 0 Å². The Balaban J connectivity index is 2.41. The maximum absolute atomic E-state index is 11.4. The maximum Gasteiger partial charge on any atom is 0.224 e.